The summed E-state index contributed by atoms with van der Waals surface area (Å²) in [5.74, 6) is 0.305. The van der Waals surface area contributed by atoms with Gasteiger partial charge in [0.05, 0.1) is 16.5 Å². The van der Waals surface area contributed by atoms with E-state index in [-0.39, 0.29) is 17.3 Å². The summed E-state index contributed by atoms with van der Waals surface area (Å²) >= 11 is 1.90. The Morgan fingerprint density at radius 1 is 0.551 bits per heavy atom. The van der Waals surface area contributed by atoms with E-state index in [0.717, 1.165) is 0 Å². The monoisotopic (exact) mass is 895 g/mol. The van der Waals surface area contributed by atoms with Crippen molar-refractivity contribution in [3.8, 4) is 22.3 Å². The summed E-state index contributed by atoms with van der Waals surface area (Å²) < 4.78 is 2.62. The first-order valence-electron chi connectivity index (χ1n) is 24.6. The maximum Gasteiger partial charge on any atom is 0.0723 e. The molecular formula is C67H45NS. The van der Waals surface area contributed by atoms with Crippen LogP contribution in [0.4, 0.5) is 11.4 Å². The molecule has 7 aliphatic carbocycles. The lowest BCUT2D eigenvalue weighted by atomic mass is 9.53. The number of benzene rings is 8. The van der Waals surface area contributed by atoms with E-state index < -0.39 is 10.8 Å². The van der Waals surface area contributed by atoms with E-state index in [0.29, 0.717) is 0 Å². The van der Waals surface area contributed by atoms with Gasteiger partial charge in [-0.1, -0.05) is 208 Å². The SMILES string of the molecule is CC1(C)C=CC2=C1c1ccccc1C21c2ccccc2-c2c(N(C3=CC4C=CC=C5C4C(=C3)c3cccc4c3C5(c3ccccc3)c3ccccc3-4)c3ccc4c(c3)sc3ccccc34)cccc21. The first kappa shape index (κ1) is 38.2. The smallest absolute Gasteiger partial charge is 0.0723 e. The first-order valence-corrected chi connectivity index (χ1v) is 25.4. The van der Waals surface area contributed by atoms with Crippen LogP contribution in [-0.4, -0.2) is 0 Å². The van der Waals surface area contributed by atoms with E-state index in [4.69, 9.17) is 0 Å². The standard InChI is InChI=1S/C67H45NS/c1-65(2)36-35-57-64(65)50-23-8-12-28-54(50)67(57)53-27-11-7-22-49(53)62-56(67)30-16-31-58(62)68(42-33-34-46-45-21-9-13-32-59(45)69-60(46)39-42)43-37-40-17-14-29-55-61(40)51(38-43)48-25-15-24-47-44-20-6-10-26-52(44)66(55,63(47)48)41-18-4-3-5-19-41/h3-40,61H,1-2H3. The Balaban J connectivity index is 0.982. The zero-order chi connectivity index (χ0) is 45.4. The van der Waals surface area contributed by atoms with Gasteiger partial charge in [-0.05, 0) is 114 Å². The lowest BCUT2D eigenvalue weighted by Crippen LogP contribution is -2.41. The lowest BCUT2D eigenvalue weighted by molar-refractivity contribution is 0.538. The van der Waals surface area contributed by atoms with Crippen LogP contribution in [0.2, 0.25) is 0 Å². The molecule has 1 heterocycles. The van der Waals surface area contributed by atoms with Crippen molar-refractivity contribution < 1.29 is 0 Å². The quantitative estimate of drug-likeness (QED) is 0.170. The van der Waals surface area contributed by atoms with E-state index >= 15 is 0 Å². The second-order valence-corrected chi connectivity index (χ2v) is 21.7. The van der Waals surface area contributed by atoms with Crippen molar-refractivity contribution in [2.24, 2.45) is 17.3 Å². The zero-order valence-electron chi connectivity index (χ0n) is 38.4. The number of allylic oxidation sites excluding steroid dienone is 11. The summed E-state index contributed by atoms with van der Waals surface area (Å²) in [6, 6.07) is 69.5. The maximum atomic E-state index is 2.63. The van der Waals surface area contributed by atoms with Crippen molar-refractivity contribution >= 4 is 54.0 Å². The molecule has 0 radical (unpaired) electrons. The van der Waals surface area contributed by atoms with E-state index in [2.05, 4.69) is 243 Å². The number of hydrogen-bond donors (Lipinski definition) is 0. The molecule has 4 unspecified atom stereocenters. The van der Waals surface area contributed by atoms with Gasteiger partial charge >= 0.3 is 0 Å². The number of rotatable bonds is 4. The highest BCUT2D eigenvalue weighted by Crippen LogP contribution is 2.69. The van der Waals surface area contributed by atoms with Crippen molar-refractivity contribution in [3.63, 3.8) is 0 Å². The Hall–Kier alpha value is -7.78. The van der Waals surface area contributed by atoms with Crippen molar-refractivity contribution in [1.29, 1.82) is 0 Å². The number of hydrogen-bond acceptors (Lipinski definition) is 2. The molecule has 4 atom stereocenters. The molecule has 0 saturated carbocycles. The average molecular weight is 896 g/mol. The second-order valence-electron chi connectivity index (χ2n) is 20.6. The maximum absolute atomic E-state index is 2.63. The van der Waals surface area contributed by atoms with Crippen LogP contribution in [0.3, 0.4) is 0 Å². The molecule has 69 heavy (non-hydrogen) atoms. The molecule has 1 nitrogen and oxygen atoms in total. The van der Waals surface area contributed by atoms with Gasteiger partial charge < -0.3 is 4.90 Å². The van der Waals surface area contributed by atoms with Gasteiger partial charge in [0.2, 0.25) is 0 Å². The fourth-order valence-electron chi connectivity index (χ4n) is 14.7. The number of nitrogens with zero attached hydrogens (tertiary/aromatic N) is 1. The molecule has 2 heteroatoms. The third-order valence-corrected chi connectivity index (χ3v) is 18.2. The van der Waals surface area contributed by atoms with Crippen molar-refractivity contribution in [2.45, 2.75) is 24.7 Å². The topological polar surface area (TPSA) is 3.24 Å². The molecule has 9 aromatic rings. The molecule has 16 rings (SSSR count). The summed E-state index contributed by atoms with van der Waals surface area (Å²) in [6.45, 7) is 4.77. The third-order valence-electron chi connectivity index (χ3n) is 17.1. The van der Waals surface area contributed by atoms with Gasteiger partial charge in [0.1, 0.15) is 0 Å². The predicted octanol–water partition coefficient (Wildman–Crippen LogP) is 16.9. The Morgan fingerprint density at radius 2 is 1.22 bits per heavy atom. The molecule has 1 aromatic heterocycles. The lowest BCUT2D eigenvalue weighted by Gasteiger charge is -2.49. The van der Waals surface area contributed by atoms with Gasteiger partial charge in [-0.25, -0.2) is 0 Å². The second kappa shape index (κ2) is 13.3. The largest absolute Gasteiger partial charge is 0.310 e. The summed E-state index contributed by atoms with van der Waals surface area (Å²) in [4.78, 5) is 2.63. The van der Waals surface area contributed by atoms with Crippen LogP contribution < -0.4 is 4.90 Å². The molecule has 0 N–H and O–H groups in total. The van der Waals surface area contributed by atoms with E-state index in [1.54, 1.807) is 0 Å². The van der Waals surface area contributed by atoms with Gasteiger partial charge in [-0.3, -0.25) is 0 Å². The molecule has 0 aliphatic heterocycles. The average Bonchev–Trinajstić information content (AvgIpc) is 4.17. The van der Waals surface area contributed by atoms with Gasteiger partial charge in [-0.15, -0.1) is 11.3 Å². The zero-order valence-corrected chi connectivity index (χ0v) is 39.2. The Bertz CT molecular complexity index is 4010. The Labute approximate surface area is 406 Å². The van der Waals surface area contributed by atoms with Crippen molar-refractivity contribution in [1.82, 2.24) is 0 Å². The fraction of sp³-hybridized carbons (Fsp3) is 0.104. The van der Waals surface area contributed by atoms with Crippen LogP contribution in [0, 0.1) is 17.3 Å². The highest BCUT2D eigenvalue weighted by Gasteiger charge is 2.58. The summed E-state index contributed by atoms with van der Waals surface area (Å²) in [6.07, 6.45) is 17.4. The van der Waals surface area contributed by atoms with Crippen LogP contribution in [-0.2, 0) is 10.8 Å². The molecule has 324 valence electrons. The van der Waals surface area contributed by atoms with Crippen LogP contribution in [0.25, 0.3) is 53.6 Å². The summed E-state index contributed by atoms with van der Waals surface area (Å²) in [5, 5.41) is 2.63. The molecule has 0 bridgehead atoms. The van der Waals surface area contributed by atoms with Crippen LogP contribution >= 0.6 is 11.3 Å². The van der Waals surface area contributed by atoms with Crippen molar-refractivity contribution in [3.05, 3.63) is 286 Å². The number of anilines is 2. The molecule has 1 spiro atoms. The molecule has 0 amide bonds. The Kier molecular flexibility index (Phi) is 7.34. The van der Waals surface area contributed by atoms with Crippen LogP contribution in [0.1, 0.15) is 58.4 Å². The van der Waals surface area contributed by atoms with E-state index in [9.17, 15) is 0 Å². The third kappa shape index (κ3) is 4.58. The Morgan fingerprint density at radius 3 is 2.07 bits per heavy atom. The number of thiophene rings is 1. The van der Waals surface area contributed by atoms with E-state index in [1.165, 1.54) is 126 Å². The van der Waals surface area contributed by atoms with Gasteiger partial charge in [0, 0.05) is 54.4 Å². The summed E-state index contributed by atoms with van der Waals surface area (Å²) in [5.41, 5.74) is 24.8. The predicted molar refractivity (Wildman–Crippen MR) is 288 cm³/mol. The van der Waals surface area contributed by atoms with E-state index in [1.807, 2.05) is 11.3 Å². The summed E-state index contributed by atoms with van der Waals surface area (Å²) in [7, 11) is 0. The van der Waals surface area contributed by atoms with Gasteiger partial charge in [0.15, 0.2) is 0 Å². The normalized spacial score (nSPS) is 23.0. The van der Waals surface area contributed by atoms with Crippen LogP contribution in [0.15, 0.2) is 241 Å². The molecule has 0 fully saturated rings. The first-order chi connectivity index (χ1) is 34.0. The van der Waals surface area contributed by atoms with Crippen molar-refractivity contribution in [2.75, 3.05) is 4.90 Å². The number of fused-ring (bicyclic) bond motifs is 17. The highest BCUT2D eigenvalue weighted by molar-refractivity contribution is 7.25. The minimum atomic E-state index is -0.431. The fourth-order valence-corrected chi connectivity index (χ4v) is 15.8. The highest BCUT2D eigenvalue weighted by atomic mass is 32.1. The van der Waals surface area contributed by atoms with Gasteiger partial charge in [-0.2, -0.15) is 0 Å². The molecular weight excluding hydrogens is 851 g/mol. The minimum absolute atomic E-state index is 0.0799. The molecule has 8 aromatic carbocycles. The molecule has 0 saturated heterocycles. The minimum Gasteiger partial charge on any atom is -0.310 e. The van der Waals surface area contributed by atoms with Gasteiger partial charge in [0.25, 0.3) is 0 Å². The molecule has 7 aliphatic rings. The van der Waals surface area contributed by atoms with Crippen LogP contribution in [0.5, 0.6) is 0 Å².